The lowest BCUT2D eigenvalue weighted by Crippen LogP contribution is -2.36. The summed E-state index contributed by atoms with van der Waals surface area (Å²) in [5, 5.41) is 0. The van der Waals surface area contributed by atoms with Gasteiger partial charge >= 0.3 is 0 Å². The molecule has 0 saturated carbocycles. The van der Waals surface area contributed by atoms with Crippen LogP contribution in [0.2, 0.25) is 0 Å². The summed E-state index contributed by atoms with van der Waals surface area (Å²) in [6.45, 7) is 0. The number of nitrogens with one attached hydrogen (secondary N) is 1. The van der Waals surface area contributed by atoms with E-state index in [1.54, 1.807) is 32.4 Å². The molecule has 0 saturated heterocycles. The molecule has 0 aliphatic rings. The molecule has 15 heavy (non-hydrogen) atoms. The summed E-state index contributed by atoms with van der Waals surface area (Å²) in [6.07, 6.45) is 0. The van der Waals surface area contributed by atoms with Crippen molar-refractivity contribution in [3.05, 3.63) is 18.2 Å². The van der Waals surface area contributed by atoms with E-state index in [1.807, 2.05) is 0 Å². The monoisotopic (exact) mass is 210 g/mol. The zero-order chi connectivity index (χ0) is 11.3. The second-order valence-electron chi connectivity index (χ2n) is 2.68. The predicted octanol–water partition coefficient (Wildman–Crippen LogP) is 0.113. The fourth-order valence-electron chi connectivity index (χ4n) is 1.04. The van der Waals surface area contributed by atoms with Gasteiger partial charge in [0, 0.05) is 6.07 Å². The number of benzene rings is 1. The molecule has 0 aromatic heterocycles. The van der Waals surface area contributed by atoms with Crippen molar-refractivity contribution in [2.75, 3.05) is 14.2 Å². The van der Waals surface area contributed by atoms with Gasteiger partial charge in [0.1, 0.15) is 17.2 Å². The van der Waals surface area contributed by atoms with E-state index in [0.29, 0.717) is 17.2 Å². The van der Waals surface area contributed by atoms with E-state index >= 15 is 0 Å². The summed E-state index contributed by atoms with van der Waals surface area (Å²) in [6, 6.07) is 5.19. The second-order valence-corrected chi connectivity index (χ2v) is 2.68. The van der Waals surface area contributed by atoms with Crippen LogP contribution in [0.4, 0.5) is 5.69 Å². The van der Waals surface area contributed by atoms with Crippen molar-refractivity contribution in [2.24, 2.45) is 16.6 Å². The topological polar surface area (TPSA) is 94.9 Å². The number of aliphatic imine (C=N–C) groups is 1. The van der Waals surface area contributed by atoms with E-state index in [9.17, 15) is 0 Å². The molecule has 0 atom stereocenters. The Hall–Kier alpha value is -1.95. The van der Waals surface area contributed by atoms with Gasteiger partial charge in [-0.25, -0.2) is 10.8 Å². The average molecular weight is 210 g/mol. The van der Waals surface area contributed by atoms with Gasteiger partial charge in [0.05, 0.1) is 14.2 Å². The Morgan fingerprint density at radius 1 is 1.33 bits per heavy atom. The summed E-state index contributed by atoms with van der Waals surface area (Å²) < 4.78 is 10.2. The fourth-order valence-corrected chi connectivity index (χ4v) is 1.04. The van der Waals surface area contributed by atoms with E-state index in [-0.39, 0.29) is 5.96 Å². The molecule has 0 bridgehead atoms. The molecular weight excluding hydrogens is 196 g/mol. The minimum Gasteiger partial charge on any atom is -0.497 e. The largest absolute Gasteiger partial charge is 0.497 e. The summed E-state index contributed by atoms with van der Waals surface area (Å²) in [4.78, 5) is 4.00. The number of hydrazine groups is 1. The number of methoxy groups -OCH3 is 2. The molecule has 1 aromatic rings. The minimum absolute atomic E-state index is 0.110. The maximum atomic E-state index is 5.43. The highest BCUT2D eigenvalue weighted by atomic mass is 16.5. The molecule has 0 spiro atoms. The van der Waals surface area contributed by atoms with Gasteiger partial charge < -0.3 is 15.2 Å². The first-order valence-electron chi connectivity index (χ1n) is 4.24. The van der Waals surface area contributed by atoms with Crippen LogP contribution in [0.15, 0.2) is 23.2 Å². The van der Waals surface area contributed by atoms with Crippen LogP contribution in [0.25, 0.3) is 0 Å². The first-order chi connectivity index (χ1) is 7.21. The van der Waals surface area contributed by atoms with Gasteiger partial charge in [-0.05, 0) is 12.1 Å². The molecule has 82 valence electrons. The number of hydrogen-bond acceptors (Lipinski definition) is 4. The van der Waals surface area contributed by atoms with Crippen LogP contribution < -0.4 is 26.5 Å². The molecule has 5 N–H and O–H groups in total. The number of hydrogen-bond donors (Lipinski definition) is 3. The Labute approximate surface area is 87.8 Å². The quantitative estimate of drug-likeness (QED) is 0.285. The van der Waals surface area contributed by atoms with Crippen LogP contribution in [-0.2, 0) is 0 Å². The highest BCUT2D eigenvalue weighted by Gasteiger charge is 2.04. The van der Waals surface area contributed by atoms with E-state index in [2.05, 4.69) is 10.4 Å². The fraction of sp³-hybridized carbons (Fsp3) is 0.222. The van der Waals surface area contributed by atoms with Crippen LogP contribution in [0.1, 0.15) is 0 Å². The highest BCUT2D eigenvalue weighted by Crippen LogP contribution is 2.31. The second kappa shape index (κ2) is 5.06. The van der Waals surface area contributed by atoms with Crippen molar-refractivity contribution < 1.29 is 9.47 Å². The molecule has 0 radical (unpaired) electrons. The number of nitrogens with zero attached hydrogens (tertiary/aromatic N) is 1. The van der Waals surface area contributed by atoms with Crippen molar-refractivity contribution in [1.29, 1.82) is 0 Å². The first kappa shape index (κ1) is 11.1. The predicted molar refractivity (Wildman–Crippen MR) is 58.2 cm³/mol. The molecule has 0 fully saturated rings. The Kier molecular flexibility index (Phi) is 3.75. The summed E-state index contributed by atoms with van der Waals surface area (Å²) in [5.41, 5.74) is 8.24. The lowest BCUT2D eigenvalue weighted by atomic mass is 10.3. The van der Waals surface area contributed by atoms with Gasteiger partial charge in [0.2, 0.25) is 5.96 Å². The number of nitrogens with two attached hydrogens (primary N) is 2. The third-order valence-electron chi connectivity index (χ3n) is 1.78. The Balaban J connectivity index is 3.08. The lowest BCUT2D eigenvalue weighted by Gasteiger charge is -2.07. The van der Waals surface area contributed by atoms with E-state index in [4.69, 9.17) is 21.1 Å². The average Bonchev–Trinajstić information content (AvgIpc) is 2.29. The van der Waals surface area contributed by atoms with Crippen LogP contribution in [0.3, 0.4) is 0 Å². The van der Waals surface area contributed by atoms with Gasteiger partial charge in [-0.1, -0.05) is 0 Å². The van der Waals surface area contributed by atoms with Crippen LogP contribution in [-0.4, -0.2) is 20.2 Å². The zero-order valence-electron chi connectivity index (χ0n) is 8.65. The highest BCUT2D eigenvalue weighted by molar-refractivity contribution is 5.81. The van der Waals surface area contributed by atoms with Crippen molar-refractivity contribution in [2.45, 2.75) is 0 Å². The van der Waals surface area contributed by atoms with Crippen molar-refractivity contribution in [3.8, 4) is 11.5 Å². The van der Waals surface area contributed by atoms with Crippen LogP contribution >= 0.6 is 0 Å². The molecule has 0 aliphatic heterocycles. The SMILES string of the molecule is COc1ccc(N=C(N)NN)c(OC)c1. The maximum absolute atomic E-state index is 5.43. The molecular formula is C9H14N4O2. The van der Waals surface area contributed by atoms with Crippen molar-refractivity contribution in [1.82, 2.24) is 5.43 Å². The Morgan fingerprint density at radius 2 is 2.07 bits per heavy atom. The van der Waals surface area contributed by atoms with Crippen LogP contribution in [0.5, 0.6) is 11.5 Å². The maximum Gasteiger partial charge on any atom is 0.208 e. The smallest absolute Gasteiger partial charge is 0.208 e. The van der Waals surface area contributed by atoms with Gasteiger partial charge in [-0.15, -0.1) is 0 Å². The van der Waals surface area contributed by atoms with Crippen molar-refractivity contribution >= 4 is 11.6 Å². The van der Waals surface area contributed by atoms with E-state index in [0.717, 1.165) is 0 Å². The Bertz CT molecular complexity index is 365. The molecule has 6 nitrogen and oxygen atoms in total. The summed E-state index contributed by atoms with van der Waals surface area (Å²) >= 11 is 0. The number of rotatable bonds is 3. The molecule has 0 amide bonds. The van der Waals surface area contributed by atoms with Gasteiger partial charge in [0.25, 0.3) is 0 Å². The lowest BCUT2D eigenvalue weighted by molar-refractivity contribution is 0.395. The normalized spacial score (nSPS) is 11.0. The molecule has 0 aliphatic carbocycles. The third kappa shape index (κ3) is 2.75. The first-order valence-corrected chi connectivity index (χ1v) is 4.24. The number of guanidine groups is 1. The molecule has 0 heterocycles. The van der Waals surface area contributed by atoms with E-state index < -0.39 is 0 Å². The molecule has 1 rings (SSSR count). The van der Waals surface area contributed by atoms with Gasteiger partial charge in [-0.2, -0.15) is 0 Å². The zero-order valence-corrected chi connectivity index (χ0v) is 8.65. The molecule has 1 aromatic carbocycles. The molecule has 0 unspecified atom stereocenters. The number of ether oxygens (including phenoxy) is 2. The summed E-state index contributed by atoms with van der Waals surface area (Å²) in [7, 11) is 3.12. The standard InChI is InChI=1S/C9H14N4O2/c1-14-6-3-4-7(8(5-6)15-2)12-9(10)13-11/h3-5H,11H2,1-2H3,(H3,10,12,13). The van der Waals surface area contributed by atoms with Crippen molar-refractivity contribution in [3.63, 3.8) is 0 Å². The van der Waals surface area contributed by atoms with Crippen LogP contribution in [0, 0.1) is 0 Å². The minimum atomic E-state index is 0.110. The summed E-state index contributed by atoms with van der Waals surface area (Å²) in [5.74, 6) is 6.45. The Morgan fingerprint density at radius 3 is 2.60 bits per heavy atom. The van der Waals surface area contributed by atoms with E-state index in [1.165, 1.54) is 0 Å². The van der Waals surface area contributed by atoms with Gasteiger partial charge in [0.15, 0.2) is 0 Å². The third-order valence-corrected chi connectivity index (χ3v) is 1.78. The molecule has 6 heteroatoms. The van der Waals surface area contributed by atoms with Gasteiger partial charge in [-0.3, -0.25) is 5.43 Å².